The van der Waals surface area contributed by atoms with Crippen LogP contribution in [0.4, 0.5) is 5.69 Å². The molecular weight excluding hydrogens is 340 g/mol. The summed E-state index contributed by atoms with van der Waals surface area (Å²) in [7, 11) is 1.89. The van der Waals surface area contributed by atoms with E-state index in [1.807, 2.05) is 30.2 Å². The molecule has 1 amide bonds. The molecule has 2 aliphatic heterocycles. The monoisotopic (exact) mass is 356 g/mol. The number of hydrogen-bond acceptors (Lipinski definition) is 6. The van der Waals surface area contributed by atoms with Crippen molar-refractivity contribution in [1.29, 1.82) is 21.2 Å². The summed E-state index contributed by atoms with van der Waals surface area (Å²) < 4.78 is 0. The summed E-state index contributed by atoms with van der Waals surface area (Å²) in [6, 6.07) is 13.1. The molecule has 3 atom stereocenters. The van der Waals surface area contributed by atoms with Gasteiger partial charge in [0.1, 0.15) is 11.3 Å². The van der Waals surface area contributed by atoms with Crippen LogP contribution in [-0.2, 0) is 10.2 Å². The zero-order chi connectivity index (χ0) is 19.4. The van der Waals surface area contributed by atoms with E-state index in [-0.39, 0.29) is 5.71 Å². The smallest absolute Gasteiger partial charge is 0.238 e. The van der Waals surface area contributed by atoms with Crippen molar-refractivity contribution in [3.05, 3.63) is 41.5 Å². The fourth-order valence-electron chi connectivity index (χ4n) is 4.92. The normalized spacial score (nSPS) is 31.0. The molecule has 0 aromatic heterocycles. The summed E-state index contributed by atoms with van der Waals surface area (Å²) in [6.07, 6.45) is 1.87. The maximum Gasteiger partial charge on any atom is 0.238 e. The highest BCUT2D eigenvalue weighted by Gasteiger charge is 2.73. The Kier molecular flexibility index (Phi) is 3.46. The van der Waals surface area contributed by atoms with Crippen molar-refractivity contribution in [2.75, 3.05) is 25.5 Å². The lowest BCUT2D eigenvalue weighted by atomic mass is 9.45. The van der Waals surface area contributed by atoms with E-state index in [0.29, 0.717) is 29.9 Å². The van der Waals surface area contributed by atoms with E-state index in [2.05, 4.69) is 11.4 Å². The molecule has 3 aliphatic rings. The fourth-order valence-corrected chi connectivity index (χ4v) is 4.92. The van der Waals surface area contributed by atoms with Gasteiger partial charge in [0.05, 0.1) is 23.9 Å². The van der Waals surface area contributed by atoms with Crippen LogP contribution in [0, 0.1) is 56.7 Å². The number of amides is 1. The van der Waals surface area contributed by atoms with Gasteiger partial charge in [-0.05, 0) is 24.3 Å². The molecule has 1 aromatic rings. The minimum Gasteiger partial charge on any atom is -0.325 e. The quantitative estimate of drug-likeness (QED) is 0.682. The van der Waals surface area contributed by atoms with Crippen LogP contribution in [0.3, 0.4) is 0 Å². The molecule has 132 valence electrons. The molecule has 0 saturated heterocycles. The Bertz CT molecular complexity index is 1020. The average Bonchev–Trinajstić information content (AvgIpc) is 2.97. The SMILES string of the molecule is CN1CC=C2C(C#N)C(=N)C(C#N)(C#N)[C@@]3(C(=O)Nc4ccccc43)[C@H]2C1. The zero-order valence-corrected chi connectivity index (χ0v) is 14.7. The number of carbonyl (C=O) groups is 1. The largest absolute Gasteiger partial charge is 0.325 e. The Labute approximate surface area is 156 Å². The van der Waals surface area contributed by atoms with Crippen molar-refractivity contribution in [3.63, 3.8) is 0 Å². The molecule has 1 fully saturated rings. The van der Waals surface area contributed by atoms with Crippen LogP contribution in [0.2, 0.25) is 0 Å². The average molecular weight is 356 g/mol. The van der Waals surface area contributed by atoms with Crippen LogP contribution >= 0.6 is 0 Å². The minimum absolute atomic E-state index is 0.311. The third-order valence-electron chi connectivity index (χ3n) is 6.10. The van der Waals surface area contributed by atoms with Gasteiger partial charge in [0.2, 0.25) is 11.3 Å². The predicted octanol–water partition coefficient (Wildman–Crippen LogP) is 1.57. The first-order chi connectivity index (χ1) is 13.0. The first-order valence-electron chi connectivity index (χ1n) is 8.58. The highest BCUT2D eigenvalue weighted by atomic mass is 16.2. The molecular formula is C20H16N6O. The zero-order valence-electron chi connectivity index (χ0n) is 14.7. The van der Waals surface area contributed by atoms with Gasteiger partial charge in [0, 0.05) is 24.7 Å². The number of fused-ring (bicyclic) bond motifs is 4. The second-order valence-corrected chi connectivity index (χ2v) is 7.24. The number of nitrogens with one attached hydrogen (secondary N) is 2. The van der Waals surface area contributed by atoms with Crippen molar-refractivity contribution in [3.8, 4) is 18.2 Å². The molecule has 1 saturated carbocycles. The van der Waals surface area contributed by atoms with Gasteiger partial charge in [0.15, 0.2) is 0 Å². The van der Waals surface area contributed by atoms with Gasteiger partial charge in [-0.3, -0.25) is 4.79 Å². The van der Waals surface area contributed by atoms with Gasteiger partial charge < -0.3 is 15.6 Å². The Hall–Kier alpha value is -3.47. The molecule has 2 N–H and O–H groups in total. The Morgan fingerprint density at radius 1 is 1.26 bits per heavy atom. The molecule has 1 aliphatic carbocycles. The third kappa shape index (κ3) is 1.76. The second kappa shape index (κ2) is 5.51. The van der Waals surface area contributed by atoms with E-state index in [1.54, 1.807) is 24.3 Å². The van der Waals surface area contributed by atoms with E-state index >= 15 is 0 Å². The molecule has 7 nitrogen and oxygen atoms in total. The molecule has 1 aromatic carbocycles. The number of nitrogens with zero attached hydrogens (tertiary/aromatic N) is 4. The van der Waals surface area contributed by atoms with Crippen molar-refractivity contribution >= 4 is 17.3 Å². The van der Waals surface area contributed by atoms with Gasteiger partial charge in [-0.25, -0.2) is 0 Å². The lowest BCUT2D eigenvalue weighted by molar-refractivity contribution is -0.125. The van der Waals surface area contributed by atoms with Crippen molar-refractivity contribution in [1.82, 2.24) is 4.90 Å². The molecule has 0 bridgehead atoms. The number of rotatable bonds is 0. The van der Waals surface area contributed by atoms with Crippen LogP contribution in [0.15, 0.2) is 35.9 Å². The number of para-hydroxylation sites is 1. The molecule has 1 spiro atoms. The van der Waals surface area contributed by atoms with Gasteiger partial charge in [-0.2, -0.15) is 15.8 Å². The van der Waals surface area contributed by atoms with E-state index in [0.717, 1.165) is 0 Å². The Balaban J connectivity index is 2.14. The summed E-state index contributed by atoms with van der Waals surface area (Å²) in [5, 5.41) is 41.4. The fraction of sp³-hybridized carbons (Fsp3) is 0.350. The van der Waals surface area contributed by atoms with E-state index in [9.17, 15) is 20.6 Å². The lowest BCUT2D eigenvalue weighted by Gasteiger charge is -2.52. The number of hydrogen-bond donors (Lipinski definition) is 2. The third-order valence-corrected chi connectivity index (χ3v) is 6.10. The molecule has 4 rings (SSSR count). The topological polar surface area (TPSA) is 128 Å². The van der Waals surface area contributed by atoms with Crippen molar-refractivity contribution < 1.29 is 4.79 Å². The maximum atomic E-state index is 13.4. The summed E-state index contributed by atoms with van der Waals surface area (Å²) in [4.78, 5) is 15.4. The van der Waals surface area contributed by atoms with Crippen molar-refractivity contribution in [2.24, 2.45) is 17.3 Å². The van der Waals surface area contributed by atoms with Gasteiger partial charge in [-0.15, -0.1) is 0 Å². The van der Waals surface area contributed by atoms with E-state index < -0.39 is 28.6 Å². The number of carbonyl (C=O) groups excluding carboxylic acids is 1. The van der Waals surface area contributed by atoms with E-state index in [1.165, 1.54) is 0 Å². The maximum absolute atomic E-state index is 13.4. The summed E-state index contributed by atoms with van der Waals surface area (Å²) in [5.74, 6) is -1.98. The predicted molar refractivity (Wildman–Crippen MR) is 96.3 cm³/mol. The first-order valence-corrected chi connectivity index (χ1v) is 8.58. The highest BCUT2D eigenvalue weighted by Crippen LogP contribution is 2.61. The molecule has 1 unspecified atom stereocenters. The summed E-state index contributed by atoms with van der Waals surface area (Å²) >= 11 is 0. The lowest BCUT2D eigenvalue weighted by Crippen LogP contribution is -2.66. The van der Waals surface area contributed by atoms with Crippen LogP contribution in [-0.4, -0.2) is 36.7 Å². The Morgan fingerprint density at radius 2 is 1.96 bits per heavy atom. The van der Waals surface area contributed by atoms with Crippen LogP contribution in [0.25, 0.3) is 0 Å². The second-order valence-electron chi connectivity index (χ2n) is 7.24. The van der Waals surface area contributed by atoms with E-state index in [4.69, 9.17) is 5.41 Å². The van der Waals surface area contributed by atoms with Gasteiger partial charge in [0.25, 0.3) is 0 Å². The summed E-state index contributed by atoms with van der Waals surface area (Å²) in [5.41, 5.74) is -2.16. The minimum atomic E-state index is -2.05. The Morgan fingerprint density at radius 3 is 2.63 bits per heavy atom. The first kappa shape index (κ1) is 17.0. The molecule has 0 radical (unpaired) electrons. The van der Waals surface area contributed by atoms with Crippen LogP contribution in [0.5, 0.6) is 0 Å². The molecule has 7 heteroatoms. The standard InChI is InChI=1S/C20H16N6O/c1-26-7-6-12-13(8-21)17(24)19(10-22,11-23)20(15(12)9-26)14-4-2-3-5-16(14)25-18(20)27/h2-6,13,15,24H,7,9H2,1H3,(H,25,27)/t13?,15-,20+/m0/s1. The number of benzene rings is 1. The van der Waals surface area contributed by atoms with Gasteiger partial charge in [-0.1, -0.05) is 24.3 Å². The summed E-state index contributed by atoms with van der Waals surface area (Å²) in [6.45, 7) is 1.01. The van der Waals surface area contributed by atoms with Gasteiger partial charge >= 0.3 is 0 Å². The molecule has 2 heterocycles. The number of likely N-dealkylation sites (N-methyl/N-ethyl adjacent to an activating group) is 1. The van der Waals surface area contributed by atoms with Crippen LogP contribution < -0.4 is 5.32 Å². The number of anilines is 1. The van der Waals surface area contributed by atoms with Crippen LogP contribution in [0.1, 0.15) is 5.56 Å². The van der Waals surface area contributed by atoms with Crippen molar-refractivity contribution in [2.45, 2.75) is 5.41 Å². The molecule has 27 heavy (non-hydrogen) atoms. The highest BCUT2D eigenvalue weighted by molar-refractivity contribution is 6.16. The number of nitriles is 3.